The average Bonchev–Trinajstić information content (AvgIpc) is 2.39. The third-order valence-electron chi connectivity index (χ3n) is 3.76. The Morgan fingerprint density at radius 3 is 2.88 bits per heavy atom. The molecule has 0 aromatic heterocycles. The third kappa shape index (κ3) is 2.26. The molecule has 2 aliphatic heterocycles. The fourth-order valence-corrected chi connectivity index (χ4v) is 2.75. The fraction of sp³-hybridized carbons (Fsp3) is 0.500. The van der Waals surface area contributed by atoms with E-state index in [0.717, 1.165) is 13.0 Å². The highest BCUT2D eigenvalue weighted by atomic mass is 16.5. The Bertz CT molecular complexity index is 404. The normalized spacial score (nSPS) is 30.0. The molecule has 90 valence electrons. The molecule has 0 radical (unpaired) electrons. The van der Waals surface area contributed by atoms with Crippen molar-refractivity contribution in [3.8, 4) is 0 Å². The number of carbonyl (C=O) groups excluding carboxylic acids is 1. The molecule has 2 aliphatic rings. The zero-order chi connectivity index (χ0) is 11.7. The molecule has 2 saturated heterocycles. The van der Waals surface area contributed by atoms with Gasteiger partial charge in [-0.1, -0.05) is 30.3 Å². The van der Waals surface area contributed by atoms with Crippen LogP contribution in [0.25, 0.3) is 0 Å². The van der Waals surface area contributed by atoms with E-state index in [-0.39, 0.29) is 6.10 Å². The van der Waals surface area contributed by atoms with Crippen molar-refractivity contribution in [2.24, 2.45) is 0 Å². The van der Waals surface area contributed by atoms with Gasteiger partial charge < -0.3 is 4.74 Å². The van der Waals surface area contributed by atoms with Crippen LogP contribution in [0.15, 0.2) is 30.3 Å². The molecule has 0 spiro atoms. The second kappa shape index (κ2) is 4.59. The molecule has 17 heavy (non-hydrogen) atoms. The lowest BCUT2D eigenvalue weighted by Gasteiger charge is -2.41. The SMILES string of the molecule is O=C1CCN2COC(c3ccccc3)CC2C1. The summed E-state index contributed by atoms with van der Waals surface area (Å²) < 4.78 is 5.88. The maximum Gasteiger partial charge on any atom is 0.135 e. The van der Waals surface area contributed by atoms with Crippen LogP contribution in [-0.4, -0.2) is 30.0 Å². The van der Waals surface area contributed by atoms with Crippen molar-refractivity contribution in [1.29, 1.82) is 0 Å². The zero-order valence-electron chi connectivity index (χ0n) is 9.84. The van der Waals surface area contributed by atoms with Crippen LogP contribution in [0.3, 0.4) is 0 Å². The number of rotatable bonds is 1. The van der Waals surface area contributed by atoms with Crippen molar-refractivity contribution >= 4 is 5.78 Å². The highest BCUT2D eigenvalue weighted by molar-refractivity contribution is 5.80. The Balaban J connectivity index is 1.72. The number of ketones is 1. The van der Waals surface area contributed by atoms with Crippen molar-refractivity contribution in [3.05, 3.63) is 35.9 Å². The molecule has 0 aliphatic carbocycles. The predicted molar refractivity (Wildman–Crippen MR) is 64.5 cm³/mol. The number of ether oxygens (including phenoxy) is 1. The molecule has 2 heterocycles. The number of carbonyl (C=O) groups is 1. The van der Waals surface area contributed by atoms with Gasteiger partial charge in [0, 0.05) is 25.4 Å². The van der Waals surface area contributed by atoms with Gasteiger partial charge in [-0.3, -0.25) is 9.69 Å². The largest absolute Gasteiger partial charge is 0.358 e. The highest BCUT2D eigenvalue weighted by Crippen LogP contribution is 2.32. The number of fused-ring (bicyclic) bond motifs is 1. The summed E-state index contributed by atoms with van der Waals surface area (Å²) in [5, 5.41) is 0. The van der Waals surface area contributed by atoms with E-state index in [1.807, 2.05) is 18.2 Å². The van der Waals surface area contributed by atoms with Crippen LogP contribution in [0.1, 0.15) is 30.9 Å². The number of benzene rings is 1. The number of Topliss-reactive ketones (excluding diaryl/α,β-unsaturated/α-hetero) is 1. The lowest BCUT2D eigenvalue weighted by atomic mass is 9.92. The Morgan fingerprint density at radius 2 is 2.06 bits per heavy atom. The summed E-state index contributed by atoms with van der Waals surface area (Å²) in [6.07, 6.45) is 2.49. The van der Waals surface area contributed by atoms with Crippen LogP contribution in [0.5, 0.6) is 0 Å². The Morgan fingerprint density at radius 1 is 1.24 bits per heavy atom. The van der Waals surface area contributed by atoms with E-state index in [9.17, 15) is 4.79 Å². The summed E-state index contributed by atoms with van der Waals surface area (Å²) in [7, 11) is 0. The van der Waals surface area contributed by atoms with E-state index in [1.54, 1.807) is 0 Å². The molecule has 0 saturated carbocycles. The minimum Gasteiger partial charge on any atom is -0.358 e. The number of piperidine rings is 1. The molecular formula is C14H17NO2. The predicted octanol–water partition coefficient (Wildman–Crippen LogP) is 2.14. The van der Waals surface area contributed by atoms with Crippen LogP contribution in [-0.2, 0) is 9.53 Å². The Labute approximate surface area is 101 Å². The minimum atomic E-state index is 0.156. The summed E-state index contributed by atoms with van der Waals surface area (Å²) in [4.78, 5) is 13.8. The van der Waals surface area contributed by atoms with Gasteiger partial charge in [-0.15, -0.1) is 0 Å². The number of nitrogens with zero attached hydrogens (tertiary/aromatic N) is 1. The van der Waals surface area contributed by atoms with Gasteiger partial charge in [-0.2, -0.15) is 0 Å². The average molecular weight is 231 g/mol. The quantitative estimate of drug-likeness (QED) is 0.741. The first-order chi connectivity index (χ1) is 8.33. The summed E-state index contributed by atoms with van der Waals surface area (Å²) in [5.41, 5.74) is 1.23. The van der Waals surface area contributed by atoms with Gasteiger partial charge in [0.1, 0.15) is 12.5 Å². The van der Waals surface area contributed by atoms with E-state index in [1.165, 1.54) is 5.56 Å². The molecule has 1 aromatic carbocycles. The summed E-state index contributed by atoms with van der Waals surface area (Å²) in [6, 6.07) is 10.7. The smallest absolute Gasteiger partial charge is 0.135 e. The molecule has 1 aromatic rings. The summed E-state index contributed by atoms with van der Waals surface area (Å²) in [5.74, 6) is 0.403. The van der Waals surface area contributed by atoms with E-state index < -0.39 is 0 Å². The lowest BCUT2D eigenvalue weighted by molar-refractivity contribution is -0.137. The molecule has 3 heteroatoms. The molecule has 2 atom stereocenters. The molecule has 0 bridgehead atoms. The Hall–Kier alpha value is -1.19. The maximum atomic E-state index is 11.5. The van der Waals surface area contributed by atoms with Crippen molar-refractivity contribution in [1.82, 2.24) is 4.90 Å². The molecule has 3 rings (SSSR count). The van der Waals surface area contributed by atoms with Gasteiger partial charge in [0.25, 0.3) is 0 Å². The van der Waals surface area contributed by atoms with Gasteiger partial charge in [0.2, 0.25) is 0 Å². The number of hydrogen-bond donors (Lipinski definition) is 0. The second-order valence-corrected chi connectivity index (χ2v) is 4.89. The second-order valence-electron chi connectivity index (χ2n) is 4.89. The fourth-order valence-electron chi connectivity index (χ4n) is 2.75. The monoisotopic (exact) mass is 231 g/mol. The van der Waals surface area contributed by atoms with Crippen molar-refractivity contribution in [2.45, 2.75) is 31.4 Å². The van der Waals surface area contributed by atoms with Gasteiger partial charge in [0.15, 0.2) is 0 Å². The van der Waals surface area contributed by atoms with Crippen LogP contribution in [0.4, 0.5) is 0 Å². The van der Waals surface area contributed by atoms with Gasteiger partial charge in [-0.25, -0.2) is 0 Å². The first-order valence-corrected chi connectivity index (χ1v) is 6.25. The van der Waals surface area contributed by atoms with Gasteiger partial charge >= 0.3 is 0 Å². The lowest BCUT2D eigenvalue weighted by Crippen LogP contribution is -2.48. The highest BCUT2D eigenvalue weighted by Gasteiger charge is 2.34. The van der Waals surface area contributed by atoms with Crippen LogP contribution >= 0.6 is 0 Å². The topological polar surface area (TPSA) is 29.5 Å². The van der Waals surface area contributed by atoms with E-state index in [0.29, 0.717) is 31.4 Å². The first kappa shape index (κ1) is 10.9. The van der Waals surface area contributed by atoms with Crippen LogP contribution < -0.4 is 0 Å². The first-order valence-electron chi connectivity index (χ1n) is 6.25. The van der Waals surface area contributed by atoms with E-state index >= 15 is 0 Å². The zero-order valence-corrected chi connectivity index (χ0v) is 9.84. The van der Waals surface area contributed by atoms with Crippen molar-refractivity contribution < 1.29 is 9.53 Å². The molecule has 0 N–H and O–H groups in total. The van der Waals surface area contributed by atoms with Crippen LogP contribution in [0, 0.1) is 0 Å². The van der Waals surface area contributed by atoms with E-state index in [4.69, 9.17) is 4.74 Å². The van der Waals surface area contributed by atoms with Gasteiger partial charge in [0.05, 0.1) is 6.10 Å². The summed E-state index contributed by atoms with van der Waals surface area (Å²) in [6.45, 7) is 1.53. The third-order valence-corrected chi connectivity index (χ3v) is 3.76. The molecule has 2 unspecified atom stereocenters. The Kier molecular flexibility index (Phi) is 2.95. The van der Waals surface area contributed by atoms with Crippen molar-refractivity contribution in [2.75, 3.05) is 13.3 Å². The molecule has 2 fully saturated rings. The minimum absolute atomic E-state index is 0.156. The molecular weight excluding hydrogens is 214 g/mol. The maximum absolute atomic E-state index is 11.5. The standard InChI is InChI=1S/C14H17NO2/c16-13-6-7-15-10-17-14(9-12(15)8-13)11-4-2-1-3-5-11/h1-5,12,14H,6-10H2. The molecule has 3 nitrogen and oxygen atoms in total. The van der Waals surface area contributed by atoms with E-state index in [2.05, 4.69) is 17.0 Å². The number of hydrogen-bond acceptors (Lipinski definition) is 3. The molecule has 0 amide bonds. The van der Waals surface area contributed by atoms with Crippen molar-refractivity contribution in [3.63, 3.8) is 0 Å². The van der Waals surface area contributed by atoms with Gasteiger partial charge in [-0.05, 0) is 12.0 Å². The summed E-state index contributed by atoms with van der Waals surface area (Å²) >= 11 is 0. The van der Waals surface area contributed by atoms with Crippen LogP contribution in [0.2, 0.25) is 0 Å².